The minimum atomic E-state index is 1.01. The zero-order chi connectivity index (χ0) is 13.5. The predicted molar refractivity (Wildman–Crippen MR) is 81.8 cm³/mol. The highest BCUT2D eigenvalue weighted by atomic mass is 14.1. The van der Waals surface area contributed by atoms with E-state index in [1.165, 1.54) is 27.8 Å². The fourth-order valence-corrected chi connectivity index (χ4v) is 2.14. The molecule has 0 atom stereocenters. The number of hydrogen-bond donors (Lipinski definition) is 0. The van der Waals surface area contributed by atoms with Gasteiger partial charge in [0.05, 0.1) is 0 Å². The van der Waals surface area contributed by atoms with Gasteiger partial charge in [-0.2, -0.15) is 0 Å². The standard InChI is InChI=1S/C18H24/c1-6-14(3)18(15(4)7-2)13-12-17-11-9-8-10-16(17)5/h6,8-11H,1,4,7,12-13H2,2-3,5H3/b18-14-. The van der Waals surface area contributed by atoms with Gasteiger partial charge in [-0.05, 0) is 55.4 Å². The van der Waals surface area contributed by atoms with Gasteiger partial charge in [-0.25, -0.2) is 0 Å². The minimum absolute atomic E-state index is 1.01. The number of allylic oxidation sites excluding steroid dienone is 4. The van der Waals surface area contributed by atoms with Crippen molar-refractivity contribution in [3.05, 3.63) is 71.3 Å². The molecule has 18 heavy (non-hydrogen) atoms. The van der Waals surface area contributed by atoms with E-state index in [9.17, 15) is 0 Å². The molecule has 0 aliphatic carbocycles. The first-order valence-electron chi connectivity index (χ1n) is 6.65. The summed E-state index contributed by atoms with van der Waals surface area (Å²) in [6.07, 6.45) is 5.07. The first kappa shape index (κ1) is 14.5. The van der Waals surface area contributed by atoms with Crippen molar-refractivity contribution < 1.29 is 0 Å². The van der Waals surface area contributed by atoms with Gasteiger partial charge in [0, 0.05) is 0 Å². The van der Waals surface area contributed by atoms with E-state index in [4.69, 9.17) is 0 Å². The summed E-state index contributed by atoms with van der Waals surface area (Å²) in [5, 5.41) is 0. The van der Waals surface area contributed by atoms with Gasteiger partial charge in [-0.1, -0.05) is 56.0 Å². The molecule has 0 amide bonds. The molecule has 0 heteroatoms. The van der Waals surface area contributed by atoms with Crippen LogP contribution in [0.1, 0.15) is 37.8 Å². The summed E-state index contributed by atoms with van der Waals surface area (Å²) in [6, 6.07) is 8.59. The van der Waals surface area contributed by atoms with Crippen molar-refractivity contribution in [1.29, 1.82) is 0 Å². The SMILES string of the molecule is C=C/C(C)=C(/CCc1ccccc1C)C(=C)CC. The molecule has 0 nitrogen and oxygen atoms in total. The van der Waals surface area contributed by atoms with E-state index < -0.39 is 0 Å². The molecular weight excluding hydrogens is 216 g/mol. The summed E-state index contributed by atoms with van der Waals surface area (Å²) in [7, 11) is 0. The summed E-state index contributed by atoms with van der Waals surface area (Å²) < 4.78 is 0. The Morgan fingerprint density at radius 3 is 2.50 bits per heavy atom. The van der Waals surface area contributed by atoms with Gasteiger partial charge in [0.2, 0.25) is 0 Å². The van der Waals surface area contributed by atoms with Crippen molar-refractivity contribution in [2.75, 3.05) is 0 Å². The molecule has 96 valence electrons. The maximum Gasteiger partial charge on any atom is -0.0233 e. The molecule has 1 rings (SSSR count). The molecule has 0 fully saturated rings. The van der Waals surface area contributed by atoms with Crippen LogP contribution in [0, 0.1) is 6.92 Å². The normalized spacial score (nSPS) is 11.9. The Bertz CT molecular complexity index is 461. The lowest BCUT2D eigenvalue weighted by atomic mass is 9.92. The third kappa shape index (κ3) is 3.73. The lowest BCUT2D eigenvalue weighted by Crippen LogP contribution is -1.96. The predicted octanol–water partition coefficient (Wildman–Crippen LogP) is 5.40. The summed E-state index contributed by atoms with van der Waals surface area (Å²) in [6.45, 7) is 14.5. The van der Waals surface area contributed by atoms with Gasteiger partial charge in [0.25, 0.3) is 0 Å². The molecule has 0 bridgehead atoms. The summed E-state index contributed by atoms with van der Waals surface area (Å²) in [4.78, 5) is 0. The average Bonchev–Trinajstić information content (AvgIpc) is 2.40. The Labute approximate surface area is 112 Å². The van der Waals surface area contributed by atoms with Crippen LogP contribution >= 0.6 is 0 Å². The molecular formula is C18H24. The lowest BCUT2D eigenvalue weighted by molar-refractivity contribution is 0.908. The Morgan fingerprint density at radius 2 is 1.94 bits per heavy atom. The molecule has 1 aromatic carbocycles. The maximum absolute atomic E-state index is 4.17. The largest absolute Gasteiger partial charge is 0.0988 e. The fraction of sp³-hybridized carbons (Fsp3) is 0.333. The summed E-state index contributed by atoms with van der Waals surface area (Å²) in [5.41, 5.74) is 6.66. The van der Waals surface area contributed by atoms with Gasteiger partial charge in [0.1, 0.15) is 0 Å². The molecule has 0 aliphatic heterocycles. The first-order valence-corrected chi connectivity index (χ1v) is 6.65. The van der Waals surface area contributed by atoms with Crippen LogP contribution in [-0.4, -0.2) is 0 Å². The molecule has 0 spiro atoms. The van der Waals surface area contributed by atoms with Crippen LogP contribution in [-0.2, 0) is 6.42 Å². The number of hydrogen-bond acceptors (Lipinski definition) is 0. The van der Waals surface area contributed by atoms with Gasteiger partial charge in [-0.3, -0.25) is 0 Å². The Hall–Kier alpha value is -1.56. The smallest absolute Gasteiger partial charge is 0.0233 e. The Kier molecular flexibility index (Phi) is 5.64. The van der Waals surface area contributed by atoms with E-state index >= 15 is 0 Å². The van der Waals surface area contributed by atoms with Crippen LogP contribution in [0.3, 0.4) is 0 Å². The zero-order valence-corrected chi connectivity index (χ0v) is 11.9. The zero-order valence-electron chi connectivity index (χ0n) is 11.9. The molecule has 0 radical (unpaired) electrons. The van der Waals surface area contributed by atoms with Crippen molar-refractivity contribution in [1.82, 2.24) is 0 Å². The van der Waals surface area contributed by atoms with Crippen molar-refractivity contribution in [2.45, 2.75) is 40.0 Å². The van der Waals surface area contributed by atoms with Crippen molar-refractivity contribution in [2.24, 2.45) is 0 Å². The second-order valence-electron chi connectivity index (χ2n) is 4.75. The van der Waals surface area contributed by atoms with Gasteiger partial charge in [-0.15, -0.1) is 0 Å². The van der Waals surface area contributed by atoms with E-state index in [1.807, 2.05) is 6.08 Å². The summed E-state index contributed by atoms with van der Waals surface area (Å²) in [5.74, 6) is 0. The molecule has 0 N–H and O–H groups in total. The van der Waals surface area contributed by atoms with E-state index in [1.54, 1.807) is 0 Å². The van der Waals surface area contributed by atoms with Crippen LogP contribution in [0.25, 0.3) is 0 Å². The number of aryl methyl sites for hydroxylation is 2. The van der Waals surface area contributed by atoms with Gasteiger partial charge in [0.15, 0.2) is 0 Å². The minimum Gasteiger partial charge on any atom is -0.0988 e. The molecule has 0 unspecified atom stereocenters. The van der Waals surface area contributed by atoms with Crippen molar-refractivity contribution >= 4 is 0 Å². The quantitative estimate of drug-likeness (QED) is 0.584. The van der Waals surface area contributed by atoms with Gasteiger partial charge < -0.3 is 0 Å². The lowest BCUT2D eigenvalue weighted by Gasteiger charge is -2.13. The fourth-order valence-electron chi connectivity index (χ4n) is 2.14. The highest BCUT2D eigenvalue weighted by Crippen LogP contribution is 2.23. The van der Waals surface area contributed by atoms with Crippen LogP contribution in [0.4, 0.5) is 0 Å². The molecule has 0 saturated heterocycles. The molecule has 0 heterocycles. The topological polar surface area (TPSA) is 0 Å². The van der Waals surface area contributed by atoms with Crippen molar-refractivity contribution in [3.8, 4) is 0 Å². The third-order valence-electron chi connectivity index (χ3n) is 3.54. The first-order chi connectivity index (χ1) is 8.60. The molecule has 0 aliphatic rings. The second kappa shape index (κ2) is 7.00. The molecule has 1 aromatic rings. The second-order valence-corrected chi connectivity index (χ2v) is 4.75. The third-order valence-corrected chi connectivity index (χ3v) is 3.54. The molecule has 0 aromatic heterocycles. The monoisotopic (exact) mass is 240 g/mol. The summed E-state index contributed by atoms with van der Waals surface area (Å²) >= 11 is 0. The maximum atomic E-state index is 4.17. The Balaban J connectivity index is 2.85. The highest BCUT2D eigenvalue weighted by molar-refractivity contribution is 5.38. The number of rotatable bonds is 6. The Morgan fingerprint density at radius 1 is 1.28 bits per heavy atom. The number of benzene rings is 1. The van der Waals surface area contributed by atoms with Crippen LogP contribution in [0.15, 0.2) is 60.2 Å². The van der Waals surface area contributed by atoms with E-state index in [2.05, 4.69) is 58.2 Å². The van der Waals surface area contributed by atoms with Gasteiger partial charge >= 0.3 is 0 Å². The average molecular weight is 240 g/mol. The van der Waals surface area contributed by atoms with E-state index in [0.717, 1.165) is 19.3 Å². The van der Waals surface area contributed by atoms with Crippen LogP contribution in [0.2, 0.25) is 0 Å². The van der Waals surface area contributed by atoms with Crippen molar-refractivity contribution in [3.63, 3.8) is 0 Å². The van der Waals surface area contributed by atoms with E-state index in [0.29, 0.717) is 0 Å². The van der Waals surface area contributed by atoms with Crippen LogP contribution < -0.4 is 0 Å². The molecule has 0 saturated carbocycles. The van der Waals surface area contributed by atoms with E-state index in [-0.39, 0.29) is 0 Å². The highest BCUT2D eigenvalue weighted by Gasteiger charge is 2.06. The van der Waals surface area contributed by atoms with Crippen LogP contribution in [0.5, 0.6) is 0 Å².